The second-order valence-electron chi connectivity index (χ2n) is 7.26. The van der Waals surface area contributed by atoms with Crippen molar-refractivity contribution in [3.63, 3.8) is 0 Å². The van der Waals surface area contributed by atoms with Gasteiger partial charge in [0.1, 0.15) is 0 Å². The molecular formula is C21H21AsF3N3O3. The molecule has 1 unspecified atom stereocenters. The first-order valence-corrected chi connectivity index (χ1v) is 11.9. The molecule has 0 aliphatic carbocycles. The SMILES string of the molecule is CC(C)C[AsH]c1nc(-c2ccco2)c(C(=O)O)c(N(C)c2cccc(C(F)(F)F)c2)n1. The Balaban J connectivity index is 2.18. The summed E-state index contributed by atoms with van der Waals surface area (Å²) in [5.74, 6) is -0.596. The van der Waals surface area contributed by atoms with Crippen LogP contribution in [-0.2, 0) is 6.18 Å². The number of benzene rings is 1. The third-order valence-electron chi connectivity index (χ3n) is 4.41. The van der Waals surface area contributed by atoms with Gasteiger partial charge in [0.25, 0.3) is 0 Å². The number of carboxylic acids is 1. The number of carbonyl (C=O) groups is 1. The molecule has 3 rings (SSSR count). The second kappa shape index (κ2) is 9.14. The van der Waals surface area contributed by atoms with Crippen molar-refractivity contribution in [1.29, 1.82) is 0 Å². The van der Waals surface area contributed by atoms with Gasteiger partial charge in [-0.1, -0.05) is 0 Å². The summed E-state index contributed by atoms with van der Waals surface area (Å²) in [6.07, 6.45) is -3.12. The molecule has 0 aliphatic heterocycles. The second-order valence-corrected chi connectivity index (χ2v) is 9.80. The van der Waals surface area contributed by atoms with E-state index in [9.17, 15) is 23.1 Å². The summed E-state index contributed by atoms with van der Waals surface area (Å²) in [5.41, 5.74) is -0.780. The molecule has 2 aromatic heterocycles. The van der Waals surface area contributed by atoms with Gasteiger partial charge in [-0.05, 0) is 0 Å². The molecule has 1 aromatic carbocycles. The molecule has 1 atom stereocenters. The quantitative estimate of drug-likeness (QED) is 0.491. The van der Waals surface area contributed by atoms with Crippen molar-refractivity contribution in [2.24, 2.45) is 5.92 Å². The van der Waals surface area contributed by atoms with Crippen LogP contribution >= 0.6 is 0 Å². The number of aromatic nitrogens is 2. The average Bonchev–Trinajstić information content (AvgIpc) is 3.25. The Morgan fingerprint density at radius 1 is 1.23 bits per heavy atom. The van der Waals surface area contributed by atoms with Gasteiger partial charge in [-0.3, -0.25) is 0 Å². The fourth-order valence-corrected chi connectivity index (χ4v) is 4.90. The normalized spacial score (nSPS) is 12.1. The maximum absolute atomic E-state index is 13.2. The molecule has 6 nitrogen and oxygen atoms in total. The van der Waals surface area contributed by atoms with E-state index < -0.39 is 33.5 Å². The van der Waals surface area contributed by atoms with E-state index in [0.29, 0.717) is 10.5 Å². The van der Waals surface area contributed by atoms with E-state index >= 15 is 0 Å². The Bertz CT molecular complexity index is 1070. The average molecular weight is 495 g/mol. The zero-order valence-electron chi connectivity index (χ0n) is 17.1. The predicted octanol–water partition coefficient (Wildman–Crippen LogP) is 4.36. The van der Waals surface area contributed by atoms with E-state index in [2.05, 4.69) is 23.8 Å². The summed E-state index contributed by atoms with van der Waals surface area (Å²) >= 11 is -0.794. The molecule has 1 N–H and O–H groups in total. The van der Waals surface area contributed by atoms with Crippen LogP contribution in [0.15, 0.2) is 47.1 Å². The third-order valence-corrected chi connectivity index (χ3v) is 7.68. The summed E-state index contributed by atoms with van der Waals surface area (Å²) in [6.45, 7) is 4.14. The van der Waals surface area contributed by atoms with Gasteiger partial charge >= 0.3 is 184 Å². The van der Waals surface area contributed by atoms with Crippen molar-refractivity contribution in [1.82, 2.24) is 9.97 Å². The fourth-order valence-electron chi connectivity index (χ4n) is 2.87. The first kappa shape index (κ1) is 22.9. The van der Waals surface area contributed by atoms with Gasteiger partial charge in [-0.15, -0.1) is 0 Å². The zero-order chi connectivity index (χ0) is 22.8. The van der Waals surface area contributed by atoms with Crippen molar-refractivity contribution < 1.29 is 27.5 Å². The molecule has 2 heterocycles. The van der Waals surface area contributed by atoms with Crippen LogP contribution < -0.4 is 9.51 Å². The first-order chi connectivity index (χ1) is 14.6. The van der Waals surface area contributed by atoms with Gasteiger partial charge in [-0.25, -0.2) is 0 Å². The summed E-state index contributed by atoms with van der Waals surface area (Å²) in [5, 5.41) is 10.8. The number of carboxylic acid groups (broad SMARTS) is 1. The van der Waals surface area contributed by atoms with Crippen LogP contribution in [0.5, 0.6) is 0 Å². The topological polar surface area (TPSA) is 79.5 Å². The Labute approximate surface area is 183 Å². The zero-order valence-corrected chi connectivity index (χ0v) is 19.2. The van der Waals surface area contributed by atoms with Gasteiger partial charge in [0.05, 0.1) is 0 Å². The molecule has 0 radical (unpaired) electrons. The van der Waals surface area contributed by atoms with Crippen LogP contribution in [0.2, 0.25) is 5.21 Å². The van der Waals surface area contributed by atoms with E-state index in [1.54, 1.807) is 12.1 Å². The minimum absolute atomic E-state index is 0.0238. The van der Waals surface area contributed by atoms with Crippen LogP contribution in [0.4, 0.5) is 24.7 Å². The number of rotatable bonds is 7. The molecule has 0 amide bonds. The Hall–Kier alpha value is -2.80. The molecule has 164 valence electrons. The van der Waals surface area contributed by atoms with Crippen molar-refractivity contribution in [3.05, 3.63) is 53.8 Å². The van der Waals surface area contributed by atoms with Gasteiger partial charge in [-0.2, -0.15) is 0 Å². The molecule has 31 heavy (non-hydrogen) atoms. The van der Waals surface area contributed by atoms with Gasteiger partial charge in [0.15, 0.2) is 0 Å². The van der Waals surface area contributed by atoms with Crippen LogP contribution in [0.3, 0.4) is 0 Å². The third kappa shape index (κ3) is 5.28. The monoisotopic (exact) mass is 495 g/mol. The minimum atomic E-state index is -4.52. The number of hydrogen-bond acceptors (Lipinski definition) is 5. The number of halogens is 3. The molecular weight excluding hydrogens is 474 g/mol. The molecule has 0 saturated heterocycles. The Kier molecular flexibility index (Phi) is 6.74. The molecule has 3 aromatic rings. The summed E-state index contributed by atoms with van der Waals surface area (Å²) in [7, 11) is 1.49. The Morgan fingerprint density at radius 3 is 2.55 bits per heavy atom. The van der Waals surface area contributed by atoms with E-state index in [1.165, 1.54) is 30.3 Å². The molecule has 0 bridgehead atoms. The molecule has 0 fully saturated rings. The fraction of sp³-hybridized carbons (Fsp3) is 0.286. The number of hydrogen-bond donors (Lipinski definition) is 1. The summed E-state index contributed by atoms with van der Waals surface area (Å²) in [4.78, 5) is 22.4. The van der Waals surface area contributed by atoms with Crippen LogP contribution in [0.25, 0.3) is 11.5 Å². The summed E-state index contributed by atoms with van der Waals surface area (Å²) in [6, 6.07) is 7.88. The van der Waals surface area contributed by atoms with Gasteiger partial charge in [0, 0.05) is 0 Å². The summed E-state index contributed by atoms with van der Waals surface area (Å²) < 4.78 is 45.5. The predicted molar refractivity (Wildman–Crippen MR) is 113 cm³/mol. The standard InChI is InChI=1S/C21H21AsF3N3O3/c1-12(2)11-22-20-26-17(15-8-5-9-31-15)16(19(29)30)18(27-20)28(3)14-7-4-6-13(10-14)21(23,24)25/h4-10,12,22H,11H2,1-3H3,(H,29,30). The van der Waals surface area contributed by atoms with E-state index in [-0.39, 0.29) is 28.5 Å². The van der Waals surface area contributed by atoms with E-state index in [0.717, 1.165) is 17.3 Å². The molecule has 0 saturated carbocycles. The number of alkyl halides is 3. The van der Waals surface area contributed by atoms with E-state index in [4.69, 9.17) is 4.42 Å². The first-order valence-electron chi connectivity index (χ1n) is 9.42. The number of aromatic carboxylic acids is 1. The van der Waals surface area contributed by atoms with E-state index in [1.807, 2.05) is 0 Å². The number of anilines is 2. The number of nitrogens with zero attached hydrogens (tertiary/aromatic N) is 3. The van der Waals surface area contributed by atoms with Crippen molar-refractivity contribution in [2.45, 2.75) is 25.2 Å². The van der Waals surface area contributed by atoms with Crippen LogP contribution in [0.1, 0.15) is 29.8 Å². The van der Waals surface area contributed by atoms with Crippen molar-refractivity contribution in [2.75, 3.05) is 11.9 Å². The maximum atomic E-state index is 13.2. The molecule has 0 aliphatic rings. The van der Waals surface area contributed by atoms with Crippen molar-refractivity contribution >= 4 is 37.8 Å². The van der Waals surface area contributed by atoms with Crippen LogP contribution in [-0.4, -0.2) is 43.8 Å². The number of furan rings is 1. The van der Waals surface area contributed by atoms with Gasteiger partial charge in [0.2, 0.25) is 0 Å². The van der Waals surface area contributed by atoms with Crippen molar-refractivity contribution in [3.8, 4) is 11.5 Å². The molecule has 0 spiro atoms. The Morgan fingerprint density at radius 2 is 1.97 bits per heavy atom. The van der Waals surface area contributed by atoms with Crippen LogP contribution in [0, 0.1) is 5.92 Å². The molecule has 10 heteroatoms. The van der Waals surface area contributed by atoms with Gasteiger partial charge < -0.3 is 0 Å².